The Morgan fingerprint density at radius 3 is 2.00 bits per heavy atom. The topological polar surface area (TPSA) is 174 Å². The summed E-state index contributed by atoms with van der Waals surface area (Å²) in [7, 11) is 1.36. The first-order valence-electron chi connectivity index (χ1n) is 13.5. The Hall–Kier alpha value is -3.14. The van der Waals surface area contributed by atoms with E-state index in [1.165, 1.54) is 21.0 Å². The maximum absolute atomic E-state index is 12.1. The highest BCUT2D eigenvalue weighted by atomic mass is 16.7. The smallest absolute Gasteiger partial charge is 0.303 e. The number of rotatable bonds is 11. The lowest BCUT2D eigenvalue weighted by Crippen LogP contribution is -2.68. The summed E-state index contributed by atoms with van der Waals surface area (Å²) in [5.74, 6) is -2.65. The number of benzene rings is 1. The number of nitrogens with one attached hydrogen (secondary N) is 1. The van der Waals surface area contributed by atoms with Crippen LogP contribution in [0.1, 0.15) is 40.2 Å². The molecular weight excluding hydrogens is 558 g/mol. The lowest BCUT2D eigenvalue weighted by molar-refractivity contribution is -0.341. The predicted molar refractivity (Wildman–Crippen MR) is 141 cm³/mol. The van der Waals surface area contributed by atoms with Crippen LogP contribution in [0.2, 0.25) is 0 Å². The van der Waals surface area contributed by atoms with Crippen LogP contribution >= 0.6 is 0 Å². The molecule has 2 aliphatic heterocycles. The van der Waals surface area contributed by atoms with Gasteiger partial charge < -0.3 is 48.3 Å². The molecule has 2 fully saturated rings. The third-order valence-corrected chi connectivity index (χ3v) is 6.59. The van der Waals surface area contributed by atoms with Crippen molar-refractivity contribution in [2.24, 2.45) is 0 Å². The van der Waals surface area contributed by atoms with Gasteiger partial charge in [0.15, 0.2) is 30.9 Å². The molecule has 0 unspecified atom stereocenters. The fraction of sp³-hybridized carbons (Fsp3) is 0.643. The summed E-state index contributed by atoms with van der Waals surface area (Å²) >= 11 is 0. The number of hydrogen-bond acceptors (Lipinski definition) is 13. The van der Waals surface area contributed by atoms with Crippen LogP contribution in [-0.2, 0) is 63.7 Å². The van der Waals surface area contributed by atoms with Crippen molar-refractivity contribution < 1.29 is 62.2 Å². The zero-order valence-corrected chi connectivity index (χ0v) is 24.4. The van der Waals surface area contributed by atoms with Gasteiger partial charge >= 0.3 is 17.9 Å². The van der Waals surface area contributed by atoms with Crippen LogP contribution in [0.4, 0.5) is 0 Å². The van der Waals surface area contributed by atoms with Crippen molar-refractivity contribution >= 4 is 23.8 Å². The summed E-state index contributed by atoms with van der Waals surface area (Å²) in [6, 6.07) is 8.33. The molecular formula is C28H39NO13. The summed E-state index contributed by atoms with van der Waals surface area (Å²) in [5, 5.41) is 14.1. The summed E-state index contributed by atoms with van der Waals surface area (Å²) in [4.78, 5) is 48.1. The molecule has 2 N–H and O–H groups in total. The number of carbonyl (C=O) groups is 4. The molecule has 42 heavy (non-hydrogen) atoms. The van der Waals surface area contributed by atoms with E-state index in [9.17, 15) is 24.3 Å². The van der Waals surface area contributed by atoms with Crippen LogP contribution in [0.25, 0.3) is 0 Å². The molecule has 1 aromatic carbocycles. The summed E-state index contributed by atoms with van der Waals surface area (Å²) in [6.07, 6.45) is -11.0. The second-order valence-corrected chi connectivity index (χ2v) is 10.0. The molecule has 1 amide bonds. The largest absolute Gasteiger partial charge is 0.456 e. The highest BCUT2D eigenvalue weighted by molar-refractivity contribution is 5.73. The predicted octanol–water partition coefficient (Wildman–Crippen LogP) is 0.365. The van der Waals surface area contributed by atoms with E-state index in [4.69, 9.17) is 37.9 Å². The molecule has 14 nitrogen and oxygen atoms in total. The van der Waals surface area contributed by atoms with Gasteiger partial charge in [0, 0.05) is 34.8 Å². The molecule has 14 heteroatoms. The van der Waals surface area contributed by atoms with E-state index in [2.05, 4.69) is 5.32 Å². The normalized spacial score (nSPS) is 32.8. The Labute approximate surface area is 243 Å². The van der Waals surface area contributed by atoms with Crippen molar-refractivity contribution in [3.63, 3.8) is 0 Å². The second-order valence-electron chi connectivity index (χ2n) is 10.0. The third-order valence-electron chi connectivity index (χ3n) is 6.59. The SMILES string of the molecule is CO[C@@H]1O[C@H](COCc2ccccc2)[C@@H](O)[C@H](O[C@@H]2O[C@@H](C)[C@H](OC(C)=O)[C@@H](OC(C)=O)[C@H]2OC(C)=O)[C@H]1NC(C)=O. The molecule has 0 radical (unpaired) electrons. The van der Waals surface area contributed by atoms with Crippen LogP contribution in [0, 0.1) is 0 Å². The summed E-state index contributed by atoms with van der Waals surface area (Å²) in [6.45, 7) is 6.44. The van der Waals surface area contributed by atoms with Gasteiger partial charge in [0.25, 0.3) is 0 Å². The number of aliphatic hydroxyl groups excluding tert-OH is 1. The van der Waals surface area contributed by atoms with Gasteiger partial charge in [-0.3, -0.25) is 19.2 Å². The molecule has 3 rings (SSSR count). The van der Waals surface area contributed by atoms with Gasteiger partial charge in [-0.1, -0.05) is 30.3 Å². The summed E-state index contributed by atoms with van der Waals surface area (Å²) < 4.78 is 45.6. The van der Waals surface area contributed by atoms with E-state index < -0.39 is 85.2 Å². The number of ether oxygens (including phenoxy) is 8. The van der Waals surface area contributed by atoms with Gasteiger partial charge in [-0.2, -0.15) is 0 Å². The van der Waals surface area contributed by atoms with Gasteiger partial charge in [0.2, 0.25) is 5.91 Å². The highest BCUT2D eigenvalue weighted by Crippen LogP contribution is 2.33. The summed E-state index contributed by atoms with van der Waals surface area (Å²) in [5.41, 5.74) is 0.905. The van der Waals surface area contributed by atoms with Crippen molar-refractivity contribution in [2.45, 2.75) is 103 Å². The molecule has 0 saturated carbocycles. The molecule has 2 heterocycles. The van der Waals surface area contributed by atoms with Crippen molar-refractivity contribution in [3.05, 3.63) is 35.9 Å². The second kappa shape index (κ2) is 15.4. The maximum atomic E-state index is 12.1. The Bertz CT molecular complexity index is 1070. The molecule has 2 aliphatic rings. The Morgan fingerprint density at radius 2 is 1.43 bits per heavy atom. The van der Waals surface area contributed by atoms with Crippen molar-refractivity contribution in [1.82, 2.24) is 5.32 Å². The molecule has 0 spiro atoms. The number of esters is 3. The van der Waals surface area contributed by atoms with Crippen LogP contribution in [0.15, 0.2) is 30.3 Å². The first kappa shape index (κ1) is 33.4. The molecule has 234 valence electrons. The van der Waals surface area contributed by atoms with Crippen molar-refractivity contribution in [1.29, 1.82) is 0 Å². The third kappa shape index (κ3) is 8.93. The number of methoxy groups -OCH3 is 1. The number of aliphatic hydroxyl groups is 1. The van der Waals surface area contributed by atoms with E-state index in [1.54, 1.807) is 6.92 Å². The number of carbonyl (C=O) groups excluding carboxylic acids is 4. The van der Waals surface area contributed by atoms with Crippen LogP contribution in [0.3, 0.4) is 0 Å². The standard InChI is InChI=1S/C28H39NO13/c1-14-23(38-16(3)31)25(39-17(4)32)26(40-18(5)33)28(37-14)42-24-21(29-15(2)30)27(35-6)41-20(22(24)34)13-36-12-19-10-8-7-9-11-19/h7-11,14,20-28,34H,12-13H2,1-6H3,(H,29,30)/t14-,20+,21+,22+,23-,24+,25+,26+,27+,28-/m0/s1. The fourth-order valence-electron chi connectivity index (χ4n) is 4.91. The maximum Gasteiger partial charge on any atom is 0.303 e. The highest BCUT2D eigenvalue weighted by Gasteiger charge is 2.54. The van der Waals surface area contributed by atoms with Crippen LogP contribution in [-0.4, -0.2) is 104 Å². The molecule has 1 aromatic rings. The molecule has 0 bridgehead atoms. The van der Waals surface area contributed by atoms with Crippen molar-refractivity contribution in [3.8, 4) is 0 Å². The van der Waals surface area contributed by atoms with Crippen LogP contribution < -0.4 is 5.32 Å². The Kier molecular flexibility index (Phi) is 12.2. The van der Waals surface area contributed by atoms with E-state index in [0.29, 0.717) is 0 Å². The number of amides is 1. The minimum Gasteiger partial charge on any atom is -0.456 e. The molecule has 10 atom stereocenters. The minimum atomic E-state index is -1.45. The minimum absolute atomic E-state index is 0.0670. The average molecular weight is 598 g/mol. The fourth-order valence-corrected chi connectivity index (χ4v) is 4.91. The first-order valence-corrected chi connectivity index (χ1v) is 13.5. The average Bonchev–Trinajstić information content (AvgIpc) is 2.91. The monoisotopic (exact) mass is 597 g/mol. The molecule has 2 saturated heterocycles. The zero-order valence-electron chi connectivity index (χ0n) is 24.4. The van der Waals surface area contributed by atoms with E-state index in [0.717, 1.165) is 19.4 Å². The van der Waals surface area contributed by atoms with E-state index >= 15 is 0 Å². The van der Waals surface area contributed by atoms with Crippen molar-refractivity contribution in [2.75, 3.05) is 13.7 Å². The Balaban J connectivity index is 1.90. The zero-order chi connectivity index (χ0) is 31.0. The first-order chi connectivity index (χ1) is 19.9. The molecule has 0 aliphatic carbocycles. The van der Waals surface area contributed by atoms with Gasteiger partial charge in [-0.15, -0.1) is 0 Å². The quantitative estimate of drug-likeness (QED) is 0.265. The number of hydrogen-bond donors (Lipinski definition) is 2. The van der Waals surface area contributed by atoms with E-state index in [1.807, 2.05) is 30.3 Å². The molecule has 0 aromatic heterocycles. The van der Waals surface area contributed by atoms with Gasteiger partial charge in [0.1, 0.15) is 24.4 Å². The van der Waals surface area contributed by atoms with Gasteiger partial charge in [-0.05, 0) is 12.5 Å². The van der Waals surface area contributed by atoms with Gasteiger partial charge in [0.05, 0.1) is 19.3 Å². The lowest BCUT2D eigenvalue weighted by Gasteiger charge is -2.48. The Morgan fingerprint density at radius 1 is 0.833 bits per heavy atom. The lowest BCUT2D eigenvalue weighted by atomic mass is 9.95. The van der Waals surface area contributed by atoms with Crippen LogP contribution in [0.5, 0.6) is 0 Å². The van der Waals surface area contributed by atoms with Gasteiger partial charge in [-0.25, -0.2) is 0 Å². The van der Waals surface area contributed by atoms with E-state index in [-0.39, 0.29) is 13.2 Å².